The van der Waals surface area contributed by atoms with Crippen LogP contribution < -0.4 is 5.32 Å². The molecule has 0 aromatic carbocycles. The van der Waals surface area contributed by atoms with Gasteiger partial charge in [-0.2, -0.15) is 5.10 Å². The number of rotatable bonds is 4. The molecule has 1 saturated heterocycles. The van der Waals surface area contributed by atoms with Gasteiger partial charge in [0.15, 0.2) is 0 Å². The van der Waals surface area contributed by atoms with Gasteiger partial charge in [0.2, 0.25) is 0 Å². The normalized spacial score (nSPS) is 22.1. The molecular formula is C14H26N4. The van der Waals surface area contributed by atoms with Crippen molar-refractivity contribution in [2.24, 2.45) is 7.05 Å². The summed E-state index contributed by atoms with van der Waals surface area (Å²) in [6.45, 7) is 9.04. The molecule has 1 aliphatic rings. The lowest BCUT2D eigenvalue weighted by Gasteiger charge is -2.18. The first-order valence-electron chi connectivity index (χ1n) is 7.14. The first-order chi connectivity index (χ1) is 8.70. The largest absolute Gasteiger partial charge is 0.310 e. The zero-order valence-electron chi connectivity index (χ0n) is 11.9. The van der Waals surface area contributed by atoms with E-state index < -0.39 is 0 Å². The topological polar surface area (TPSA) is 33.1 Å². The van der Waals surface area contributed by atoms with E-state index >= 15 is 0 Å². The highest BCUT2D eigenvalue weighted by molar-refractivity contribution is 5.15. The minimum absolute atomic E-state index is 0.668. The summed E-state index contributed by atoms with van der Waals surface area (Å²) in [6, 6.07) is 0.668. The van der Waals surface area contributed by atoms with Crippen LogP contribution in [0.2, 0.25) is 0 Å². The lowest BCUT2D eigenvalue weighted by Crippen LogP contribution is -2.30. The van der Waals surface area contributed by atoms with Gasteiger partial charge in [-0.3, -0.25) is 4.68 Å². The molecule has 2 heterocycles. The Labute approximate surface area is 110 Å². The molecule has 0 aliphatic carbocycles. The fourth-order valence-corrected chi connectivity index (χ4v) is 2.65. The van der Waals surface area contributed by atoms with Crippen molar-refractivity contribution in [2.75, 3.05) is 19.6 Å². The molecule has 0 spiro atoms. The van der Waals surface area contributed by atoms with E-state index in [0.29, 0.717) is 6.04 Å². The minimum Gasteiger partial charge on any atom is -0.310 e. The van der Waals surface area contributed by atoms with Gasteiger partial charge in [0.25, 0.3) is 0 Å². The van der Waals surface area contributed by atoms with Crippen LogP contribution in [0, 0.1) is 6.92 Å². The summed E-state index contributed by atoms with van der Waals surface area (Å²) in [6.07, 6.45) is 5.87. The molecule has 102 valence electrons. The van der Waals surface area contributed by atoms with Crippen LogP contribution >= 0.6 is 0 Å². The first-order valence-corrected chi connectivity index (χ1v) is 7.14. The van der Waals surface area contributed by atoms with Crippen LogP contribution in [0.1, 0.15) is 37.4 Å². The third-order valence-electron chi connectivity index (χ3n) is 4.19. The summed E-state index contributed by atoms with van der Waals surface area (Å²) in [7, 11) is 2.00. The molecule has 1 unspecified atom stereocenters. The average molecular weight is 250 g/mol. The Hall–Kier alpha value is -0.870. The fourth-order valence-electron chi connectivity index (χ4n) is 2.65. The van der Waals surface area contributed by atoms with E-state index in [9.17, 15) is 0 Å². The van der Waals surface area contributed by atoms with Crippen LogP contribution in [0.4, 0.5) is 0 Å². The first kappa shape index (κ1) is 13.6. The van der Waals surface area contributed by atoms with Gasteiger partial charge in [0.1, 0.15) is 0 Å². The van der Waals surface area contributed by atoms with Crippen molar-refractivity contribution in [1.29, 1.82) is 0 Å². The van der Waals surface area contributed by atoms with Crippen LogP contribution in [0.5, 0.6) is 0 Å². The van der Waals surface area contributed by atoms with Gasteiger partial charge >= 0.3 is 0 Å². The third-order valence-corrected chi connectivity index (χ3v) is 4.19. The summed E-state index contributed by atoms with van der Waals surface area (Å²) >= 11 is 0. The zero-order chi connectivity index (χ0) is 13.0. The van der Waals surface area contributed by atoms with Crippen molar-refractivity contribution in [3.8, 4) is 0 Å². The van der Waals surface area contributed by atoms with Crippen LogP contribution in [-0.4, -0.2) is 40.4 Å². The van der Waals surface area contributed by atoms with Gasteiger partial charge < -0.3 is 10.2 Å². The molecule has 1 aliphatic heterocycles. The molecule has 1 atom stereocenters. The van der Waals surface area contributed by atoms with Gasteiger partial charge in [0, 0.05) is 30.9 Å². The van der Waals surface area contributed by atoms with E-state index in [1.165, 1.54) is 50.2 Å². The second-order valence-electron chi connectivity index (χ2n) is 5.32. The second kappa shape index (κ2) is 6.34. The molecule has 1 aromatic rings. The highest BCUT2D eigenvalue weighted by Gasteiger charge is 2.16. The van der Waals surface area contributed by atoms with Crippen molar-refractivity contribution >= 4 is 0 Å². The maximum absolute atomic E-state index is 4.29. The van der Waals surface area contributed by atoms with Crippen LogP contribution in [0.25, 0.3) is 0 Å². The fraction of sp³-hybridized carbons (Fsp3) is 0.786. The van der Waals surface area contributed by atoms with Gasteiger partial charge in [-0.25, -0.2) is 0 Å². The molecule has 18 heavy (non-hydrogen) atoms. The molecule has 0 radical (unpaired) electrons. The molecule has 0 amide bonds. The van der Waals surface area contributed by atoms with Crippen LogP contribution in [0.3, 0.4) is 0 Å². The van der Waals surface area contributed by atoms with Crippen molar-refractivity contribution in [2.45, 2.75) is 45.7 Å². The monoisotopic (exact) mass is 250 g/mol. The van der Waals surface area contributed by atoms with Crippen molar-refractivity contribution in [3.05, 3.63) is 17.5 Å². The SMILES string of the molecule is CCN1CCCC(NCc2cnn(C)c2C)CC1. The summed E-state index contributed by atoms with van der Waals surface area (Å²) in [4.78, 5) is 2.55. The van der Waals surface area contributed by atoms with Crippen LogP contribution in [-0.2, 0) is 13.6 Å². The van der Waals surface area contributed by atoms with Crippen molar-refractivity contribution < 1.29 is 0 Å². The number of hydrogen-bond donors (Lipinski definition) is 1. The summed E-state index contributed by atoms with van der Waals surface area (Å²) in [5.74, 6) is 0. The number of nitrogens with one attached hydrogen (secondary N) is 1. The lowest BCUT2D eigenvalue weighted by atomic mass is 10.1. The van der Waals surface area contributed by atoms with E-state index in [1.54, 1.807) is 0 Å². The number of hydrogen-bond acceptors (Lipinski definition) is 3. The van der Waals surface area contributed by atoms with Crippen molar-refractivity contribution in [3.63, 3.8) is 0 Å². The Bertz CT molecular complexity index is 372. The van der Waals surface area contributed by atoms with E-state index in [2.05, 4.69) is 29.2 Å². The van der Waals surface area contributed by atoms with E-state index in [1.807, 2.05) is 17.9 Å². The smallest absolute Gasteiger partial charge is 0.0537 e. The minimum atomic E-state index is 0.668. The molecule has 2 rings (SSSR count). The highest BCUT2D eigenvalue weighted by atomic mass is 15.3. The van der Waals surface area contributed by atoms with Gasteiger partial charge in [-0.1, -0.05) is 6.92 Å². The maximum atomic E-state index is 4.29. The molecule has 1 aromatic heterocycles. The molecule has 4 nitrogen and oxygen atoms in total. The third kappa shape index (κ3) is 3.33. The molecule has 1 fully saturated rings. The number of aryl methyl sites for hydroxylation is 1. The lowest BCUT2D eigenvalue weighted by molar-refractivity contribution is 0.297. The number of nitrogens with zero attached hydrogens (tertiary/aromatic N) is 3. The average Bonchev–Trinajstić information content (AvgIpc) is 2.59. The van der Waals surface area contributed by atoms with Crippen LogP contribution in [0.15, 0.2) is 6.20 Å². The zero-order valence-corrected chi connectivity index (χ0v) is 11.9. The number of aromatic nitrogens is 2. The molecule has 1 N–H and O–H groups in total. The summed E-state index contributed by atoms with van der Waals surface area (Å²) in [5.41, 5.74) is 2.60. The molecule has 0 bridgehead atoms. The van der Waals surface area contributed by atoms with E-state index in [4.69, 9.17) is 0 Å². The van der Waals surface area contributed by atoms with E-state index in [0.717, 1.165) is 6.54 Å². The van der Waals surface area contributed by atoms with Gasteiger partial charge in [-0.05, 0) is 45.8 Å². The van der Waals surface area contributed by atoms with E-state index in [-0.39, 0.29) is 0 Å². The Morgan fingerprint density at radius 1 is 1.39 bits per heavy atom. The standard InChI is InChI=1S/C14H26N4/c1-4-18-8-5-6-14(7-9-18)15-10-13-11-16-17(3)12(13)2/h11,14-15H,4-10H2,1-3H3. The predicted molar refractivity (Wildman–Crippen MR) is 74.5 cm³/mol. The molecule has 4 heteroatoms. The van der Waals surface area contributed by atoms with Gasteiger partial charge in [0.05, 0.1) is 6.20 Å². The Balaban J connectivity index is 1.81. The molecule has 0 saturated carbocycles. The summed E-state index contributed by atoms with van der Waals surface area (Å²) < 4.78 is 1.95. The van der Waals surface area contributed by atoms with Crippen molar-refractivity contribution in [1.82, 2.24) is 20.0 Å². The second-order valence-corrected chi connectivity index (χ2v) is 5.32. The summed E-state index contributed by atoms with van der Waals surface area (Å²) in [5, 5.41) is 7.99. The Kier molecular flexibility index (Phi) is 4.78. The Morgan fingerprint density at radius 2 is 2.22 bits per heavy atom. The maximum Gasteiger partial charge on any atom is 0.0537 e. The van der Waals surface area contributed by atoms with Gasteiger partial charge in [-0.15, -0.1) is 0 Å². The Morgan fingerprint density at radius 3 is 2.89 bits per heavy atom. The number of likely N-dealkylation sites (tertiary alicyclic amines) is 1. The quantitative estimate of drug-likeness (QED) is 0.883. The predicted octanol–water partition coefficient (Wildman–Crippen LogP) is 1.69. The molecular weight excluding hydrogens is 224 g/mol. The highest BCUT2D eigenvalue weighted by Crippen LogP contribution is 2.12.